The van der Waals surface area contributed by atoms with Crippen LogP contribution >= 0.6 is 0 Å². The van der Waals surface area contributed by atoms with E-state index >= 15 is 0 Å². The Labute approximate surface area is 175 Å². The van der Waals surface area contributed by atoms with E-state index in [1.165, 1.54) is 17.2 Å². The van der Waals surface area contributed by atoms with Crippen molar-refractivity contribution in [3.63, 3.8) is 0 Å². The van der Waals surface area contributed by atoms with Crippen LogP contribution in [-0.4, -0.2) is 47.9 Å². The summed E-state index contributed by atoms with van der Waals surface area (Å²) in [6.45, 7) is 1.93. The van der Waals surface area contributed by atoms with Crippen LogP contribution in [0.2, 0.25) is 0 Å². The number of hydrogen-bond donors (Lipinski definition) is 0. The van der Waals surface area contributed by atoms with Crippen molar-refractivity contribution in [2.75, 3.05) is 20.1 Å². The average Bonchev–Trinajstić information content (AvgIpc) is 3.22. The SMILES string of the molecule is CN(C(=O)c1cc(=O)c2ccccc2o1)[C@@H]1CCCN(C2Cc3ccccc3C2)C1. The monoisotopic (exact) mass is 402 g/mol. The van der Waals surface area contributed by atoms with Crippen LogP contribution in [0.25, 0.3) is 11.0 Å². The number of fused-ring (bicyclic) bond motifs is 2. The topological polar surface area (TPSA) is 53.8 Å². The maximum atomic E-state index is 13.1. The molecule has 0 saturated carbocycles. The van der Waals surface area contributed by atoms with Crippen molar-refractivity contribution >= 4 is 16.9 Å². The summed E-state index contributed by atoms with van der Waals surface area (Å²) in [6, 6.07) is 17.7. The summed E-state index contributed by atoms with van der Waals surface area (Å²) in [5, 5.41) is 0.501. The van der Waals surface area contributed by atoms with Crippen LogP contribution in [0.5, 0.6) is 0 Å². The molecule has 0 spiro atoms. The van der Waals surface area contributed by atoms with E-state index in [0.717, 1.165) is 38.8 Å². The largest absolute Gasteiger partial charge is 0.451 e. The third-order valence-electron chi connectivity index (χ3n) is 6.69. The van der Waals surface area contributed by atoms with Gasteiger partial charge in [0.25, 0.3) is 5.91 Å². The Morgan fingerprint density at radius 2 is 1.77 bits per heavy atom. The number of amides is 1. The lowest BCUT2D eigenvalue weighted by atomic mass is 10.0. The maximum Gasteiger partial charge on any atom is 0.289 e. The number of rotatable bonds is 3. The van der Waals surface area contributed by atoms with Crippen LogP contribution < -0.4 is 5.43 Å². The van der Waals surface area contributed by atoms with Gasteiger partial charge in [-0.15, -0.1) is 0 Å². The quantitative estimate of drug-likeness (QED) is 0.673. The lowest BCUT2D eigenvalue weighted by Gasteiger charge is -2.40. The van der Waals surface area contributed by atoms with Crippen molar-refractivity contribution < 1.29 is 9.21 Å². The summed E-state index contributed by atoms with van der Waals surface area (Å²) in [5.74, 6) is -0.106. The Balaban J connectivity index is 1.32. The number of carbonyl (C=O) groups is 1. The summed E-state index contributed by atoms with van der Waals surface area (Å²) < 4.78 is 5.78. The molecule has 0 unspecified atom stereocenters. The Bertz CT molecular complexity index is 1130. The van der Waals surface area contributed by atoms with Gasteiger partial charge < -0.3 is 9.32 Å². The van der Waals surface area contributed by atoms with E-state index in [-0.39, 0.29) is 23.1 Å². The number of hydrogen-bond acceptors (Lipinski definition) is 4. The molecular weight excluding hydrogens is 376 g/mol. The molecule has 1 aliphatic heterocycles. The molecule has 5 nitrogen and oxygen atoms in total. The van der Waals surface area contributed by atoms with Crippen molar-refractivity contribution in [3.8, 4) is 0 Å². The van der Waals surface area contributed by atoms with Crippen molar-refractivity contribution in [1.82, 2.24) is 9.80 Å². The van der Waals surface area contributed by atoms with Crippen LogP contribution in [0, 0.1) is 0 Å². The van der Waals surface area contributed by atoms with Crippen LogP contribution in [0.15, 0.2) is 63.8 Å². The number of piperidine rings is 1. The molecule has 1 atom stereocenters. The normalized spacial score (nSPS) is 19.7. The molecule has 5 rings (SSSR count). The first-order valence-corrected chi connectivity index (χ1v) is 10.7. The van der Waals surface area contributed by atoms with Crippen molar-refractivity contribution in [1.29, 1.82) is 0 Å². The Morgan fingerprint density at radius 1 is 1.07 bits per heavy atom. The predicted molar refractivity (Wildman–Crippen MR) is 117 cm³/mol. The van der Waals surface area contributed by atoms with Gasteiger partial charge in [0.15, 0.2) is 11.2 Å². The van der Waals surface area contributed by atoms with Crippen molar-refractivity contribution in [3.05, 3.63) is 81.7 Å². The minimum atomic E-state index is -0.223. The lowest BCUT2D eigenvalue weighted by molar-refractivity contribution is 0.0529. The van der Waals surface area contributed by atoms with Gasteiger partial charge in [-0.3, -0.25) is 14.5 Å². The summed E-state index contributed by atoms with van der Waals surface area (Å²) >= 11 is 0. The van der Waals surface area contributed by atoms with E-state index in [0.29, 0.717) is 17.0 Å². The zero-order valence-corrected chi connectivity index (χ0v) is 17.2. The summed E-state index contributed by atoms with van der Waals surface area (Å²) in [4.78, 5) is 29.8. The minimum absolute atomic E-state index is 0.117. The molecule has 5 heteroatoms. The molecule has 1 aliphatic carbocycles. The van der Waals surface area contributed by atoms with Gasteiger partial charge in [-0.25, -0.2) is 0 Å². The number of carbonyl (C=O) groups excluding carboxylic acids is 1. The van der Waals surface area contributed by atoms with Gasteiger partial charge in [0.2, 0.25) is 0 Å². The second kappa shape index (κ2) is 7.73. The van der Waals surface area contributed by atoms with Gasteiger partial charge in [-0.1, -0.05) is 36.4 Å². The first-order chi connectivity index (χ1) is 14.6. The standard InChI is InChI=1S/C25H26N2O3/c1-26(25(29)24-15-22(28)21-10-4-5-11-23(21)30-24)19-9-6-12-27(16-19)20-13-17-7-2-3-8-18(17)14-20/h2-5,7-8,10-11,15,19-20H,6,9,12-14,16H2,1H3/t19-/m1/s1. The molecule has 0 N–H and O–H groups in total. The fourth-order valence-electron chi connectivity index (χ4n) is 4.97. The van der Waals surface area contributed by atoms with E-state index < -0.39 is 0 Å². The fraction of sp³-hybridized carbons (Fsp3) is 0.360. The minimum Gasteiger partial charge on any atom is -0.451 e. The highest BCUT2D eigenvalue weighted by molar-refractivity contribution is 5.93. The smallest absolute Gasteiger partial charge is 0.289 e. The molecule has 30 heavy (non-hydrogen) atoms. The number of para-hydroxylation sites is 1. The van der Waals surface area contributed by atoms with Crippen LogP contribution in [0.1, 0.15) is 34.5 Å². The molecule has 1 fully saturated rings. The third-order valence-corrected chi connectivity index (χ3v) is 6.69. The zero-order valence-electron chi connectivity index (χ0n) is 17.2. The highest BCUT2D eigenvalue weighted by Crippen LogP contribution is 2.28. The molecular formula is C25H26N2O3. The molecule has 3 aromatic rings. The van der Waals surface area contributed by atoms with E-state index in [9.17, 15) is 9.59 Å². The third kappa shape index (κ3) is 3.43. The summed E-state index contributed by atoms with van der Waals surface area (Å²) in [5.41, 5.74) is 3.18. The molecule has 1 aromatic heterocycles. The molecule has 1 saturated heterocycles. The highest BCUT2D eigenvalue weighted by Gasteiger charge is 2.33. The first-order valence-electron chi connectivity index (χ1n) is 10.7. The first kappa shape index (κ1) is 19.1. The van der Waals surface area contributed by atoms with E-state index in [1.54, 1.807) is 23.1 Å². The molecule has 2 aromatic carbocycles. The van der Waals surface area contributed by atoms with Gasteiger partial charge in [-0.2, -0.15) is 0 Å². The number of likely N-dealkylation sites (tertiary alicyclic amines) is 1. The Hall–Kier alpha value is -2.92. The molecule has 0 bridgehead atoms. The van der Waals surface area contributed by atoms with E-state index in [1.807, 2.05) is 13.1 Å². The van der Waals surface area contributed by atoms with Crippen LogP contribution in [-0.2, 0) is 12.8 Å². The molecule has 0 radical (unpaired) electrons. The molecule has 2 aliphatic rings. The zero-order chi connectivity index (χ0) is 20.7. The number of nitrogens with zero attached hydrogens (tertiary/aromatic N) is 2. The average molecular weight is 402 g/mol. The lowest BCUT2D eigenvalue weighted by Crippen LogP contribution is -2.51. The van der Waals surface area contributed by atoms with Crippen LogP contribution in [0.4, 0.5) is 0 Å². The summed E-state index contributed by atoms with van der Waals surface area (Å²) in [7, 11) is 1.83. The maximum absolute atomic E-state index is 13.1. The second-order valence-electron chi connectivity index (χ2n) is 8.51. The van der Waals surface area contributed by atoms with Gasteiger partial charge in [0.05, 0.1) is 5.39 Å². The Kier molecular flexibility index (Phi) is 4.91. The second-order valence-corrected chi connectivity index (χ2v) is 8.51. The number of likely N-dealkylation sites (N-methyl/N-ethyl adjacent to an activating group) is 1. The molecule has 2 heterocycles. The van der Waals surface area contributed by atoms with Crippen molar-refractivity contribution in [2.45, 2.75) is 37.8 Å². The number of benzene rings is 2. The van der Waals surface area contributed by atoms with E-state index in [2.05, 4.69) is 29.2 Å². The predicted octanol–water partition coefficient (Wildman–Crippen LogP) is 3.50. The van der Waals surface area contributed by atoms with Gasteiger partial charge in [0, 0.05) is 31.7 Å². The van der Waals surface area contributed by atoms with Gasteiger partial charge >= 0.3 is 0 Å². The Morgan fingerprint density at radius 3 is 2.53 bits per heavy atom. The fourth-order valence-corrected chi connectivity index (χ4v) is 4.97. The van der Waals surface area contributed by atoms with Crippen molar-refractivity contribution in [2.24, 2.45) is 0 Å². The molecule has 154 valence electrons. The highest BCUT2D eigenvalue weighted by atomic mass is 16.3. The summed E-state index contributed by atoms with van der Waals surface area (Å²) in [6.07, 6.45) is 4.20. The van der Waals surface area contributed by atoms with Crippen LogP contribution in [0.3, 0.4) is 0 Å². The van der Waals surface area contributed by atoms with Gasteiger partial charge in [-0.05, 0) is 55.5 Å². The molecule has 1 amide bonds. The van der Waals surface area contributed by atoms with Gasteiger partial charge in [0.1, 0.15) is 5.58 Å². The van der Waals surface area contributed by atoms with E-state index in [4.69, 9.17) is 4.42 Å².